The standard InChI is InChI=1S/C19H34N6O/c1-15(2)20-19(26)25-12-8-16(9-13-25)18-22-21-17(23(18)3)14-24-10-6-4-5-7-11-24/h15-16H,4-14H2,1-3H3,(H,20,26). The van der Waals surface area contributed by atoms with Gasteiger partial charge in [-0.1, -0.05) is 12.8 Å². The lowest BCUT2D eigenvalue weighted by molar-refractivity contribution is 0.177. The molecule has 7 heteroatoms. The van der Waals surface area contributed by atoms with Gasteiger partial charge in [0, 0.05) is 32.1 Å². The minimum atomic E-state index is 0.0540. The van der Waals surface area contributed by atoms with Crippen molar-refractivity contribution in [2.24, 2.45) is 7.05 Å². The van der Waals surface area contributed by atoms with E-state index in [0.717, 1.165) is 44.1 Å². The molecule has 3 heterocycles. The molecule has 146 valence electrons. The number of amides is 2. The van der Waals surface area contributed by atoms with E-state index in [1.807, 2.05) is 18.7 Å². The molecular formula is C19H34N6O. The van der Waals surface area contributed by atoms with E-state index in [1.54, 1.807) is 0 Å². The molecular weight excluding hydrogens is 328 g/mol. The Kier molecular flexibility index (Phi) is 6.51. The van der Waals surface area contributed by atoms with E-state index in [2.05, 4.69) is 32.0 Å². The molecule has 0 aliphatic carbocycles. The van der Waals surface area contributed by atoms with Gasteiger partial charge < -0.3 is 14.8 Å². The number of likely N-dealkylation sites (tertiary alicyclic amines) is 2. The van der Waals surface area contributed by atoms with Crippen LogP contribution in [0.3, 0.4) is 0 Å². The molecule has 0 atom stereocenters. The zero-order chi connectivity index (χ0) is 18.5. The molecule has 0 radical (unpaired) electrons. The zero-order valence-electron chi connectivity index (χ0n) is 16.6. The fourth-order valence-corrected chi connectivity index (χ4v) is 4.04. The maximum Gasteiger partial charge on any atom is 0.317 e. The van der Waals surface area contributed by atoms with Crippen molar-refractivity contribution in [2.45, 2.75) is 70.9 Å². The van der Waals surface area contributed by atoms with E-state index in [1.165, 1.54) is 38.8 Å². The molecule has 0 unspecified atom stereocenters. The van der Waals surface area contributed by atoms with Gasteiger partial charge in [-0.3, -0.25) is 4.90 Å². The van der Waals surface area contributed by atoms with Crippen LogP contribution in [0, 0.1) is 0 Å². The lowest BCUT2D eigenvalue weighted by Gasteiger charge is -2.32. The van der Waals surface area contributed by atoms with Crippen molar-refractivity contribution in [2.75, 3.05) is 26.2 Å². The van der Waals surface area contributed by atoms with Gasteiger partial charge in [0.2, 0.25) is 0 Å². The molecule has 2 saturated heterocycles. The number of nitrogens with zero attached hydrogens (tertiary/aromatic N) is 5. The summed E-state index contributed by atoms with van der Waals surface area (Å²) in [5.41, 5.74) is 0. The van der Waals surface area contributed by atoms with Crippen LogP contribution in [-0.2, 0) is 13.6 Å². The monoisotopic (exact) mass is 362 g/mol. The van der Waals surface area contributed by atoms with Gasteiger partial charge in [0.05, 0.1) is 6.54 Å². The van der Waals surface area contributed by atoms with Crippen molar-refractivity contribution < 1.29 is 4.79 Å². The second-order valence-corrected chi connectivity index (χ2v) is 8.09. The number of urea groups is 1. The SMILES string of the molecule is CC(C)NC(=O)N1CCC(c2nnc(CN3CCCCCC3)n2C)CC1. The maximum atomic E-state index is 12.1. The maximum absolute atomic E-state index is 12.1. The smallest absolute Gasteiger partial charge is 0.317 e. The third-order valence-corrected chi connectivity index (χ3v) is 5.62. The molecule has 0 aromatic carbocycles. The summed E-state index contributed by atoms with van der Waals surface area (Å²) in [6, 6.07) is 0.235. The lowest BCUT2D eigenvalue weighted by atomic mass is 9.96. The normalized spacial score (nSPS) is 20.4. The zero-order valence-corrected chi connectivity index (χ0v) is 16.6. The Balaban J connectivity index is 1.56. The van der Waals surface area contributed by atoms with Crippen LogP contribution in [0.25, 0.3) is 0 Å². The number of aromatic nitrogens is 3. The highest BCUT2D eigenvalue weighted by Gasteiger charge is 2.27. The van der Waals surface area contributed by atoms with Crippen molar-refractivity contribution in [3.05, 3.63) is 11.6 Å². The predicted octanol–water partition coefficient (Wildman–Crippen LogP) is 2.49. The van der Waals surface area contributed by atoms with Crippen LogP contribution >= 0.6 is 0 Å². The second kappa shape index (κ2) is 8.84. The first-order valence-corrected chi connectivity index (χ1v) is 10.2. The summed E-state index contributed by atoms with van der Waals surface area (Å²) in [6.07, 6.45) is 7.21. The molecule has 1 N–H and O–H groups in total. The Bertz CT molecular complexity index is 583. The summed E-state index contributed by atoms with van der Waals surface area (Å²) in [4.78, 5) is 16.6. The lowest BCUT2D eigenvalue weighted by Crippen LogP contribution is -2.46. The summed E-state index contributed by atoms with van der Waals surface area (Å²) < 4.78 is 2.19. The van der Waals surface area contributed by atoms with Crippen LogP contribution in [0.4, 0.5) is 4.79 Å². The minimum absolute atomic E-state index is 0.0540. The quantitative estimate of drug-likeness (QED) is 0.894. The van der Waals surface area contributed by atoms with Gasteiger partial charge in [-0.05, 0) is 52.6 Å². The number of hydrogen-bond acceptors (Lipinski definition) is 4. The molecule has 0 saturated carbocycles. The number of nitrogens with one attached hydrogen (secondary N) is 1. The van der Waals surface area contributed by atoms with Crippen LogP contribution in [-0.4, -0.2) is 62.8 Å². The summed E-state index contributed by atoms with van der Waals surface area (Å²) in [5, 5.41) is 12.0. The van der Waals surface area contributed by atoms with Gasteiger partial charge in [0.1, 0.15) is 11.6 Å². The molecule has 0 spiro atoms. The van der Waals surface area contributed by atoms with Gasteiger partial charge in [0.15, 0.2) is 0 Å². The summed E-state index contributed by atoms with van der Waals surface area (Å²) in [7, 11) is 2.10. The Morgan fingerprint density at radius 3 is 2.35 bits per heavy atom. The van der Waals surface area contributed by atoms with Crippen molar-refractivity contribution in [1.29, 1.82) is 0 Å². The molecule has 7 nitrogen and oxygen atoms in total. The summed E-state index contributed by atoms with van der Waals surface area (Å²) in [6.45, 7) is 8.82. The Morgan fingerprint density at radius 2 is 1.73 bits per heavy atom. The van der Waals surface area contributed by atoms with Gasteiger partial charge in [-0.2, -0.15) is 0 Å². The topological polar surface area (TPSA) is 66.3 Å². The number of hydrogen-bond donors (Lipinski definition) is 1. The van der Waals surface area contributed by atoms with Crippen molar-refractivity contribution in [1.82, 2.24) is 29.9 Å². The molecule has 2 amide bonds. The van der Waals surface area contributed by atoms with Crippen LogP contribution in [0.5, 0.6) is 0 Å². The molecule has 0 bridgehead atoms. The van der Waals surface area contributed by atoms with E-state index in [4.69, 9.17) is 0 Å². The average molecular weight is 363 g/mol. The van der Waals surface area contributed by atoms with Crippen LogP contribution in [0.1, 0.15) is 69.9 Å². The molecule has 26 heavy (non-hydrogen) atoms. The van der Waals surface area contributed by atoms with Gasteiger partial charge in [-0.25, -0.2) is 4.79 Å². The van der Waals surface area contributed by atoms with Crippen molar-refractivity contribution >= 4 is 6.03 Å². The number of piperidine rings is 1. The highest BCUT2D eigenvalue weighted by molar-refractivity contribution is 5.74. The molecule has 1 aromatic heterocycles. The molecule has 2 aliphatic heterocycles. The molecule has 2 fully saturated rings. The van der Waals surface area contributed by atoms with E-state index < -0.39 is 0 Å². The molecule has 1 aromatic rings. The third-order valence-electron chi connectivity index (χ3n) is 5.62. The van der Waals surface area contributed by atoms with Gasteiger partial charge >= 0.3 is 6.03 Å². The first-order valence-electron chi connectivity index (χ1n) is 10.2. The number of carbonyl (C=O) groups is 1. The Hall–Kier alpha value is -1.63. The second-order valence-electron chi connectivity index (χ2n) is 8.09. The first-order chi connectivity index (χ1) is 12.5. The number of rotatable bonds is 4. The van der Waals surface area contributed by atoms with E-state index >= 15 is 0 Å². The van der Waals surface area contributed by atoms with Crippen molar-refractivity contribution in [3.8, 4) is 0 Å². The van der Waals surface area contributed by atoms with Crippen LogP contribution < -0.4 is 5.32 Å². The fraction of sp³-hybridized carbons (Fsp3) is 0.842. The van der Waals surface area contributed by atoms with E-state index in [0.29, 0.717) is 5.92 Å². The fourth-order valence-electron chi connectivity index (χ4n) is 4.04. The third kappa shape index (κ3) is 4.75. The molecule has 2 aliphatic rings. The van der Waals surface area contributed by atoms with E-state index in [-0.39, 0.29) is 12.1 Å². The number of carbonyl (C=O) groups excluding carboxylic acids is 1. The Labute approximate surface area is 157 Å². The highest BCUT2D eigenvalue weighted by atomic mass is 16.2. The van der Waals surface area contributed by atoms with Crippen LogP contribution in [0.15, 0.2) is 0 Å². The predicted molar refractivity (Wildman–Crippen MR) is 102 cm³/mol. The van der Waals surface area contributed by atoms with Crippen LogP contribution in [0.2, 0.25) is 0 Å². The molecule has 3 rings (SSSR count). The van der Waals surface area contributed by atoms with Crippen molar-refractivity contribution in [3.63, 3.8) is 0 Å². The Morgan fingerprint density at radius 1 is 1.08 bits per heavy atom. The van der Waals surface area contributed by atoms with E-state index in [9.17, 15) is 4.79 Å². The first kappa shape index (κ1) is 19.1. The van der Waals surface area contributed by atoms with Gasteiger partial charge in [-0.15, -0.1) is 10.2 Å². The highest BCUT2D eigenvalue weighted by Crippen LogP contribution is 2.27. The average Bonchev–Trinajstić information content (AvgIpc) is 2.82. The largest absolute Gasteiger partial charge is 0.336 e. The summed E-state index contributed by atoms with van der Waals surface area (Å²) >= 11 is 0. The van der Waals surface area contributed by atoms with Gasteiger partial charge in [0.25, 0.3) is 0 Å². The minimum Gasteiger partial charge on any atom is -0.336 e. The summed E-state index contributed by atoms with van der Waals surface area (Å²) in [5.74, 6) is 2.55.